The number of amides is 2. The first-order chi connectivity index (χ1) is 10.1. The number of urea groups is 1. The van der Waals surface area contributed by atoms with Crippen LogP contribution in [0.15, 0.2) is 24.3 Å². The summed E-state index contributed by atoms with van der Waals surface area (Å²) in [5, 5.41) is 14.0. The summed E-state index contributed by atoms with van der Waals surface area (Å²) in [5.41, 5.74) is 0.855. The standard InChI is InChI=1S/C14H20N2O5/c1-20-7-6-12(13(17)18)16-14(19)15-9-10-4-3-5-11(8-10)21-2/h3-5,8,12H,6-7,9H2,1-2H3,(H,17,18)(H2,15,16,19). The number of rotatable bonds is 8. The van der Waals surface area contributed by atoms with E-state index in [1.54, 1.807) is 19.2 Å². The molecule has 0 aliphatic carbocycles. The summed E-state index contributed by atoms with van der Waals surface area (Å²) in [6.45, 7) is 0.535. The zero-order valence-corrected chi connectivity index (χ0v) is 12.1. The highest BCUT2D eigenvalue weighted by molar-refractivity contribution is 5.82. The van der Waals surface area contributed by atoms with Crippen LogP contribution in [-0.2, 0) is 16.1 Å². The van der Waals surface area contributed by atoms with E-state index in [4.69, 9.17) is 14.6 Å². The molecule has 2 amide bonds. The highest BCUT2D eigenvalue weighted by atomic mass is 16.5. The van der Waals surface area contributed by atoms with Gasteiger partial charge in [0.1, 0.15) is 11.8 Å². The Morgan fingerprint density at radius 2 is 2.10 bits per heavy atom. The van der Waals surface area contributed by atoms with Crippen LogP contribution in [0, 0.1) is 0 Å². The van der Waals surface area contributed by atoms with Crippen molar-refractivity contribution in [2.24, 2.45) is 0 Å². The minimum atomic E-state index is -1.09. The lowest BCUT2D eigenvalue weighted by Crippen LogP contribution is -2.46. The molecule has 1 unspecified atom stereocenters. The van der Waals surface area contributed by atoms with Gasteiger partial charge in [0.2, 0.25) is 0 Å². The Morgan fingerprint density at radius 3 is 2.71 bits per heavy atom. The summed E-state index contributed by atoms with van der Waals surface area (Å²) in [7, 11) is 3.04. The van der Waals surface area contributed by atoms with Crippen molar-refractivity contribution in [1.29, 1.82) is 0 Å². The maximum Gasteiger partial charge on any atom is 0.326 e. The number of benzene rings is 1. The van der Waals surface area contributed by atoms with Gasteiger partial charge in [-0.2, -0.15) is 0 Å². The van der Waals surface area contributed by atoms with Crippen molar-refractivity contribution in [3.63, 3.8) is 0 Å². The van der Waals surface area contributed by atoms with Crippen molar-refractivity contribution >= 4 is 12.0 Å². The first-order valence-corrected chi connectivity index (χ1v) is 6.46. The molecule has 0 aliphatic heterocycles. The van der Waals surface area contributed by atoms with E-state index in [9.17, 15) is 9.59 Å². The van der Waals surface area contributed by atoms with Gasteiger partial charge in [0, 0.05) is 26.7 Å². The molecule has 7 heteroatoms. The molecular formula is C14H20N2O5. The highest BCUT2D eigenvalue weighted by Gasteiger charge is 2.19. The third-order valence-corrected chi connectivity index (χ3v) is 2.80. The van der Waals surface area contributed by atoms with Gasteiger partial charge in [-0.05, 0) is 17.7 Å². The SMILES string of the molecule is COCCC(NC(=O)NCc1cccc(OC)c1)C(=O)O. The minimum absolute atomic E-state index is 0.207. The molecule has 0 radical (unpaired) electrons. The quantitative estimate of drug-likeness (QED) is 0.664. The molecule has 1 atom stereocenters. The smallest absolute Gasteiger partial charge is 0.326 e. The number of carbonyl (C=O) groups is 2. The minimum Gasteiger partial charge on any atom is -0.497 e. The van der Waals surface area contributed by atoms with Crippen LogP contribution in [0.4, 0.5) is 4.79 Å². The zero-order chi connectivity index (χ0) is 15.7. The van der Waals surface area contributed by atoms with Gasteiger partial charge in [-0.25, -0.2) is 9.59 Å². The Balaban J connectivity index is 2.46. The molecule has 0 bridgehead atoms. The molecule has 0 saturated carbocycles. The number of carboxylic acids is 1. The fraction of sp³-hybridized carbons (Fsp3) is 0.429. The van der Waals surface area contributed by atoms with E-state index in [1.807, 2.05) is 12.1 Å². The number of nitrogens with one attached hydrogen (secondary N) is 2. The Kier molecular flexibility index (Phi) is 7.03. The van der Waals surface area contributed by atoms with Gasteiger partial charge in [-0.1, -0.05) is 12.1 Å². The normalized spacial score (nSPS) is 11.5. The number of aliphatic carboxylic acids is 1. The number of carboxylic acid groups (broad SMARTS) is 1. The molecule has 1 rings (SSSR count). The fourth-order valence-corrected chi connectivity index (χ4v) is 1.67. The van der Waals surface area contributed by atoms with E-state index in [1.165, 1.54) is 7.11 Å². The van der Waals surface area contributed by atoms with Crippen LogP contribution in [0.2, 0.25) is 0 Å². The Bertz CT molecular complexity index is 478. The van der Waals surface area contributed by atoms with Gasteiger partial charge in [-0.15, -0.1) is 0 Å². The lowest BCUT2D eigenvalue weighted by atomic mass is 10.2. The van der Waals surface area contributed by atoms with Crippen molar-refractivity contribution in [2.45, 2.75) is 19.0 Å². The van der Waals surface area contributed by atoms with Crippen LogP contribution in [0.5, 0.6) is 5.75 Å². The molecule has 0 fully saturated rings. The predicted octanol–water partition coefficient (Wildman–Crippen LogP) is 0.984. The topological polar surface area (TPSA) is 96.9 Å². The van der Waals surface area contributed by atoms with Crippen molar-refractivity contribution in [3.05, 3.63) is 29.8 Å². The molecule has 0 aromatic heterocycles. The van der Waals surface area contributed by atoms with Crippen LogP contribution < -0.4 is 15.4 Å². The Labute approximate surface area is 123 Å². The molecule has 3 N–H and O–H groups in total. The van der Waals surface area contributed by atoms with Crippen LogP contribution in [0.1, 0.15) is 12.0 Å². The zero-order valence-electron chi connectivity index (χ0n) is 12.1. The average molecular weight is 296 g/mol. The number of methoxy groups -OCH3 is 2. The monoisotopic (exact) mass is 296 g/mol. The van der Waals surface area contributed by atoms with E-state index >= 15 is 0 Å². The summed E-state index contributed by atoms with van der Waals surface area (Å²) in [6, 6.07) is 5.72. The Morgan fingerprint density at radius 1 is 1.33 bits per heavy atom. The second-order valence-electron chi connectivity index (χ2n) is 4.35. The molecule has 0 spiro atoms. The Hall–Kier alpha value is -2.28. The molecule has 7 nitrogen and oxygen atoms in total. The van der Waals surface area contributed by atoms with Gasteiger partial charge in [0.15, 0.2) is 0 Å². The van der Waals surface area contributed by atoms with E-state index in [0.717, 1.165) is 5.56 Å². The number of hydrogen-bond acceptors (Lipinski definition) is 4. The lowest BCUT2D eigenvalue weighted by Gasteiger charge is -2.15. The number of ether oxygens (including phenoxy) is 2. The van der Waals surface area contributed by atoms with E-state index in [2.05, 4.69) is 10.6 Å². The molecular weight excluding hydrogens is 276 g/mol. The van der Waals surface area contributed by atoms with Crippen molar-refractivity contribution in [3.8, 4) is 5.75 Å². The number of carbonyl (C=O) groups excluding carboxylic acids is 1. The first kappa shape index (κ1) is 16.8. The molecule has 0 aliphatic rings. The summed E-state index contributed by atoms with van der Waals surface area (Å²) in [5.74, 6) is -0.401. The second-order valence-corrected chi connectivity index (χ2v) is 4.35. The molecule has 1 aromatic rings. The first-order valence-electron chi connectivity index (χ1n) is 6.46. The number of hydrogen-bond donors (Lipinski definition) is 3. The predicted molar refractivity (Wildman–Crippen MR) is 76.3 cm³/mol. The third kappa shape index (κ3) is 6.13. The molecule has 0 saturated heterocycles. The maximum absolute atomic E-state index is 11.7. The van der Waals surface area contributed by atoms with Crippen molar-refractivity contribution in [2.75, 3.05) is 20.8 Å². The van der Waals surface area contributed by atoms with E-state index < -0.39 is 18.0 Å². The molecule has 0 heterocycles. The lowest BCUT2D eigenvalue weighted by molar-refractivity contribution is -0.139. The summed E-state index contributed by atoms with van der Waals surface area (Å²) in [6.07, 6.45) is 0.207. The van der Waals surface area contributed by atoms with Crippen LogP contribution in [0.3, 0.4) is 0 Å². The fourth-order valence-electron chi connectivity index (χ4n) is 1.67. The molecule has 1 aromatic carbocycles. The highest BCUT2D eigenvalue weighted by Crippen LogP contribution is 2.12. The van der Waals surface area contributed by atoms with E-state index in [0.29, 0.717) is 5.75 Å². The van der Waals surface area contributed by atoms with Crippen molar-refractivity contribution in [1.82, 2.24) is 10.6 Å². The van der Waals surface area contributed by atoms with Gasteiger partial charge in [0.05, 0.1) is 7.11 Å². The van der Waals surface area contributed by atoms with Crippen LogP contribution in [-0.4, -0.2) is 44.0 Å². The summed E-state index contributed by atoms with van der Waals surface area (Å²) >= 11 is 0. The van der Waals surface area contributed by atoms with Gasteiger partial charge < -0.3 is 25.2 Å². The largest absolute Gasteiger partial charge is 0.497 e. The van der Waals surface area contributed by atoms with Gasteiger partial charge in [0.25, 0.3) is 0 Å². The summed E-state index contributed by atoms with van der Waals surface area (Å²) in [4.78, 5) is 22.7. The maximum atomic E-state index is 11.7. The van der Waals surface area contributed by atoms with Gasteiger partial charge in [-0.3, -0.25) is 0 Å². The summed E-state index contributed by atoms with van der Waals surface area (Å²) < 4.78 is 9.89. The third-order valence-electron chi connectivity index (χ3n) is 2.80. The van der Waals surface area contributed by atoms with Crippen LogP contribution in [0.25, 0.3) is 0 Å². The van der Waals surface area contributed by atoms with Crippen LogP contribution >= 0.6 is 0 Å². The van der Waals surface area contributed by atoms with Gasteiger partial charge >= 0.3 is 12.0 Å². The van der Waals surface area contributed by atoms with E-state index in [-0.39, 0.29) is 19.6 Å². The molecule has 116 valence electrons. The molecule has 21 heavy (non-hydrogen) atoms. The average Bonchev–Trinajstić information content (AvgIpc) is 2.49. The van der Waals surface area contributed by atoms with Crippen molar-refractivity contribution < 1.29 is 24.2 Å². The second kappa shape index (κ2) is 8.80.